The highest BCUT2D eigenvalue weighted by Gasteiger charge is 2.42. The molecule has 6 nitrogen and oxygen atoms in total. The van der Waals surface area contributed by atoms with Gasteiger partial charge in [0.15, 0.2) is 0 Å². The van der Waals surface area contributed by atoms with Gasteiger partial charge in [-0.25, -0.2) is 0 Å². The van der Waals surface area contributed by atoms with Crippen LogP contribution in [0, 0.1) is 0 Å². The van der Waals surface area contributed by atoms with E-state index in [0.717, 1.165) is 12.1 Å². The van der Waals surface area contributed by atoms with Crippen LogP contribution in [0.3, 0.4) is 0 Å². The third-order valence-corrected chi connectivity index (χ3v) is 4.96. The standard InChI is InChI=1S/C20H17F3N4O2/c21-20(22,23)14-4-1-3-12(9-14)13-5-7-24-16(10-13)19(29)26-15-11-17(28)18(15)27-8-2-6-25-27/h1-10,15,17-18,28H,11H2,(H,26,29). The molecule has 29 heavy (non-hydrogen) atoms. The highest BCUT2D eigenvalue weighted by Crippen LogP contribution is 2.33. The van der Waals surface area contributed by atoms with Gasteiger partial charge in [-0.1, -0.05) is 12.1 Å². The quantitative estimate of drug-likeness (QED) is 0.703. The lowest BCUT2D eigenvalue weighted by atomic mass is 9.83. The number of hydrogen-bond acceptors (Lipinski definition) is 4. The van der Waals surface area contributed by atoms with Gasteiger partial charge < -0.3 is 10.4 Å². The molecule has 1 saturated carbocycles. The summed E-state index contributed by atoms with van der Waals surface area (Å²) in [5.74, 6) is -0.465. The Kier molecular flexibility index (Phi) is 4.83. The Bertz CT molecular complexity index is 1020. The summed E-state index contributed by atoms with van der Waals surface area (Å²) in [5.41, 5.74) is 0.113. The lowest BCUT2D eigenvalue weighted by molar-refractivity contribution is -0.137. The van der Waals surface area contributed by atoms with Crippen molar-refractivity contribution >= 4 is 5.91 Å². The number of pyridine rings is 1. The number of hydrogen-bond donors (Lipinski definition) is 2. The van der Waals surface area contributed by atoms with E-state index in [1.165, 1.54) is 18.3 Å². The van der Waals surface area contributed by atoms with E-state index in [9.17, 15) is 23.1 Å². The molecule has 3 atom stereocenters. The number of carbonyl (C=O) groups is 1. The minimum atomic E-state index is -4.45. The lowest BCUT2D eigenvalue weighted by Crippen LogP contribution is -2.56. The Hall–Kier alpha value is -3.20. The number of carbonyl (C=O) groups excluding carboxylic acids is 1. The topological polar surface area (TPSA) is 80.0 Å². The van der Waals surface area contributed by atoms with E-state index in [4.69, 9.17) is 0 Å². The molecule has 1 aliphatic carbocycles. The third-order valence-electron chi connectivity index (χ3n) is 4.96. The Morgan fingerprint density at radius 2 is 1.93 bits per heavy atom. The van der Waals surface area contributed by atoms with Crippen LogP contribution < -0.4 is 5.32 Å². The predicted octanol–water partition coefficient (Wildman–Crippen LogP) is 3.07. The molecule has 2 heterocycles. The van der Waals surface area contributed by atoms with Crippen molar-refractivity contribution in [1.29, 1.82) is 0 Å². The number of nitrogens with zero attached hydrogens (tertiary/aromatic N) is 3. The lowest BCUT2D eigenvalue weighted by Gasteiger charge is -2.41. The fourth-order valence-electron chi connectivity index (χ4n) is 3.42. The van der Waals surface area contributed by atoms with Crippen LogP contribution in [0.15, 0.2) is 61.1 Å². The molecule has 0 radical (unpaired) electrons. The van der Waals surface area contributed by atoms with Gasteiger partial charge in [0.25, 0.3) is 5.91 Å². The molecule has 3 aromatic rings. The zero-order valence-electron chi connectivity index (χ0n) is 15.0. The van der Waals surface area contributed by atoms with E-state index in [1.807, 2.05) is 0 Å². The van der Waals surface area contributed by atoms with Gasteiger partial charge in [0, 0.05) is 18.6 Å². The Morgan fingerprint density at radius 1 is 1.14 bits per heavy atom. The van der Waals surface area contributed by atoms with Gasteiger partial charge in [-0.3, -0.25) is 14.5 Å². The molecule has 2 N–H and O–H groups in total. The molecule has 3 unspecified atom stereocenters. The molecule has 2 aromatic heterocycles. The first-order valence-electron chi connectivity index (χ1n) is 8.94. The van der Waals surface area contributed by atoms with Crippen molar-refractivity contribution in [3.8, 4) is 11.1 Å². The second-order valence-electron chi connectivity index (χ2n) is 6.87. The average molecular weight is 402 g/mol. The van der Waals surface area contributed by atoms with Crippen LogP contribution in [0.1, 0.15) is 28.5 Å². The predicted molar refractivity (Wildman–Crippen MR) is 97.8 cm³/mol. The molecule has 9 heteroatoms. The molecule has 0 aliphatic heterocycles. The van der Waals surface area contributed by atoms with Gasteiger partial charge in [0.1, 0.15) is 5.69 Å². The first-order valence-corrected chi connectivity index (χ1v) is 8.94. The van der Waals surface area contributed by atoms with Crippen molar-refractivity contribution in [1.82, 2.24) is 20.1 Å². The van der Waals surface area contributed by atoms with Gasteiger partial charge in [0.2, 0.25) is 0 Å². The molecule has 1 amide bonds. The fourth-order valence-corrected chi connectivity index (χ4v) is 3.42. The molecule has 0 spiro atoms. The number of aliphatic hydroxyl groups is 1. The number of alkyl halides is 3. The van der Waals surface area contributed by atoms with Gasteiger partial charge >= 0.3 is 6.18 Å². The number of benzene rings is 1. The van der Waals surface area contributed by atoms with E-state index in [1.54, 1.807) is 35.3 Å². The molecule has 0 saturated heterocycles. The molecule has 1 fully saturated rings. The van der Waals surface area contributed by atoms with Crippen molar-refractivity contribution in [2.45, 2.75) is 30.8 Å². The number of amides is 1. The number of nitrogens with one attached hydrogen (secondary N) is 1. The molecular weight excluding hydrogens is 385 g/mol. The number of halogens is 3. The molecule has 1 aromatic carbocycles. The minimum absolute atomic E-state index is 0.0838. The highest BCUT2D eigenvalue weighted by atomic mass is 19.4. The second kappa shape index (κ2) is 7.32. The zero-order chi connectivity index (χ0) is 20.6. The van der Waals surface area contributed by atoms with Crippen LogP contribution in [0.5, 0.6) is 0 Å². The molecular formula is C20H17F3N4O2. The molecule has 1 aliphatic rings. The maximum Gasteiger partial charge on any atom is 0.416 e. The summed E-state index contributed by atoms with van der Waals surface area (Å²) in [4.78, 5) is 16.6. The van der Waals surface area contributed by atoms with E-state index in [0.29, 0.717) is 17.5 Å². The number of aliphatic hydroxyl groups excluding tert-OH is 1. The smallest absolute Gasteiger partial charge is 0.391 e. The van der Waals surface area contributed by atoms with Crippen molar-refractivity contribution in [3.63, 3.8) is 0 Å². The van der Waals surface area contributed by atoms with Crippen molar-refractivity contribution in [2.24, 2.45) is 0 Å². The Morgan fingerprint density at radius 3 is 2.62 bits per heavy atom. The van der Waals surface area contributed by atoms with Crippen molar-refractivity contribution < 1.29 is 23.1 Å². The monoisotopic (exact) mass is 402 g/mol. The van der Waals surface area contributed by atoms with Gasteiger partial charge in [0.05, 0.1) is 23.8 Å². The van der Waals surface area contributed by atoms with Crippen LogP contribution >= 0.6 is 0 Å². The maximum absolute atomic E-state index is 13.0. The summed E-state index contributed by atoms with van der Waals surface area (Å²) >= 11 is 0. The second-order valence-corrected chi connectivity index (χ2v) is 6.87. The SMILES string of the molecule is O=C(NC1CC(O)C1n1cccn1)c1cc(-c2cccc(C(F)(F)F)c2)ccn1. The van der Waals surface area contributed by atoms with Gasteiger partial charge in [-0.2, -0.15) is 18.3 Å². The first-order chi connectivity index (χ1) is 13.8. The summed E-state index contributed by atoms with van der Waals surface area (Å²) in [6.07, 6.45) is -0.0163. The van der Waals surface area contributed by atoms with E-state index >= 15 is 0 Å². The Labute approximate surface area is 164 Å². The van der Waals surface area contributed by atoms with Crippen LogP contribution in [0.4, 0.5) is 13.2 Å². The normalized spacial score (nSPS) is 21.4. The fraction of sp³-hybridized carbons (Fsp3) is 0.250. The molecule has 0 bridgehead atoms. The Balaban J connectivity index is 1.53. The number of rotatable bonds is 4. The summed E-state index contributed by atoms with van der Waals surface area (Å²) in [6.45, 7) is 0. The van der Waals surface area contributed by atoms with Crippen molar-refractivity contribution in [2.75, 3.05) is 0 Å². The maximum atomic E-state index is 13.0. The van der Waals surface area contributed by atoms with Gasteiger partial charge in [-0.05, 0) is 47.9 Å². The first kappa shape index (κ1) is 19.1. The summed E-state index contributed by atoms with van der Waals surface area (Å²) < 4.78 is 40.5. The van der Waals surface area contributed by atoms with Crippen LogP contribution in [-0.2, 0) is 6.18 Å². The number of aromatic nitrogens is 3. The summed E-state index contributed by atoms with van der Waals surface area (Å²) in [7, 11) is 0. The van der Waals surface area contributed by atoms with E-state index in [-0.39, 0.29) is 17.8 Å². The van der Waals surface area contributed by atoms with E-state index in [2.05, 4.69) is 15.4 Å². The van der Waals surface area contributed by atoms with Crippen molar-refractivity contribution in [3.05, 3.63) is 72.3 Å². The third kappa shape index (κ3) is 3.86. The largest absolute Gasteiger partial charge is 0.416 e. The van der Waals surface area contributed by atoms with E-state index < -0.39 is 23.8 Å². The summed E-state index contributed by atoms with van der Waals surface area (Å²) in [6, 6.07) is 8.92. The van der Waals surface area contributed by atoms with Crippen LogP contribution in [-0.4, -0.2) is 37.9 Å². The van der Waals surface area contributed by atoms with Crippen LogP contribution in [0.25, 0.3) is 11.1 Å². The zero-order valence-corrected chi connectivity index (χ0v) is 15.0. The average Bonchev–Trinajstić information content (AvgIpc) is 3.20. The molecule has 4 rings (SSSR count). The van der Waals surface area contributed by atoms with Gasteiger partial charge in [-0.15, -0.1) is 0 Å². The minimum Gasteiger partial charge on any atom is -0.391 e. The molecule has 150 valence electrons. The highest BCUT2D eigenvalue weighted by molar-refractivity contribution is 5.93. The summed E-state index contributed by atoms with van der Waals surface area (Å²) in [5, 5.41) is 16.9. The van der Waals surface area contributed by atoms with Crippen LogP contribution in [0.2, 0.25) is 0 Å².